The molecule has 0 amide bonds. The van der Waals surface area contributed by atoms with Gasteiger partial charge in [0.05, 0.1) is 31.1 Å². The highest BCUT2D eigenvalue weighted by Crippen LogP contribution is 2.43. The highest BCUT2D eigenvalue weighted by molar-refractivity contribution is 9.11. The van der Waals surface area contributed by atoms with Crippen molar-refractivity contribution in [2.45, 2.75) is 33.1 Å². The summed E-state index contributed by atoms with van der Waals surface area (Å²) in [5.74, 6) is 1.66. The van der Waals surface area contributed by atoms with Crippen LogP contribution in [0.2, 0.25) is 0 Å². The standard InChI is InChI=1S/C19H20Br4O2/c1-5-24-17-13(20)7-11(8-14(17)21)19(3,4)12-9-15(22)18(25-6-2)16(23)10-12/h7-10H,5-6H2,1-4H3. The van der Waals surface area contributed by atoms with Crippen molar-refractivity contribution in [3.63, 3.8) is 0 Å². The molecule has 25 heavy (non-hydrogen) atoms. The van der Waals surface area contributed by atoms with Crippen LogP contribution in [0.4, 0.5) is 0 Å². The number of halogens is 4. The van der Waals surface area contributed by atoms with Crippen molar-refractivity contribution < 1.29 is 9.47 Å². The average Bonchev–Trinajstić information content (AvgIpc) is 2.53. The van der Waals surface area contributed by atoms with Crippen LogP contribution in [-0.4, -0.2) is 13.2 Å². The monoisotopic (exact) mass is 596 g/mol. The maximum atomic E-state index is 5.70. The first kappa shape index (κ1) is 21.3. The molecule has 0 aliphatic heterocycles. The van der Waals surface area contributed by atoms with Crippen LogP contribution in [-0.2, 0) is 5.41 Å². The minimum absolute atomic E-state index is 0.203. The first-order valence-corrected chi connectivity index (χ1v) is 11.1. The normalized spacial score (nSPS) is 11.5. The Bertz CT molecular complexity index is 663. The van der Waals surface area contributed by atoms with Crippen molar-refractivity contribution in [2.75, 3.05) is 13.2 Å². The third-order valence-corrected chi connectivity index (χ3v) is 6.37. The van der Waals surface area contributed by atoms with Gasteiger partial charge in [-0.3, -0.25) is 0 Å². The molecule has 6 heteroatoms. The Balaban J connectivity index is 2.52. The third-order valence-electron chi connectivity index (χ3n) is 4.02. The molecule has 2 rings (SSSR count). The second-order valence-corrected chi connectivity index (χ2v) is 9.45. The van der Waals surface area contributed by atoms with E-state index in [2.05, 4.69) is 102 Å². The van der Waals surface area contributed by atoms with Crippen LogP contribution in [0.5, 0.6) is 11.5 Å². The molecule has 2 aromatic carbocycles. The fourth-order valence-electron chi connectivity index (χ4n) is 2.57. The Labute approximate surface area is 183 Å². The summed E-state index contributed by atoms with van der Waals surface area (Å²) in [4.78, 5) is 0. The van der Waals surface area contributed by atoms with Crippen molar-refractivity contribution in [3.05, 3.63) is 53.3 Å². The quantitative estimate of drug-likeness (QED) is 0.337. The van der Waals surface area contributed by atoms with E-state index in [-0.39, 0.29) is 5.41 Å². The van der Waals surface area contributed by atoms with Gasteiger partial charge in [0.15, 0.2) is 0 Å². The van der Waals surface area contributed by atoms with Crippen LogP contribution >= 0.6 is 63.7 Å². The summed E-state index contributed by atoms with van der Waals surface area (Å²) < 4.78 is 15.2. The predicted octanol–water partition coefficient (Wildman–Crippen LogP) is 7.86. The molecule has 0 atom stereocenters. The summed E-state index contributed by atoms with van der Waals surface area (Å²) in [7, 11) is 0. The second-order valence-electron chi connectivity index (χ2n) is 6.03. The molecule has 0 spiro atoms. The lowest BCUT2D eigenvalue weighted by molar-refractivity contribution is 0.335. The van der Waals surface area contributed by atoms with E-state index in [1.807, 2.05) is 13.8 Å². The van der Waals surface area contributed by atoms with Gasteiger partial charge in [-0.25, -0.2) is 0 Å². The SMILES string of the molecule is CCOc1c(Br)cc(C(C)(C)c2cc(Br)c(OCC)c(Br)c2)cc1Br. The van der Waals surface area contributed by atoms with E-state index in [9.17, 15) is 0 Å². The minimum atomic E-state index is -0.203. The van der Waals surface area contributed by atoms with Crippen molar-refractivity contribution in [1.29, 1.82) is 0 Å². The molecule has 0 bridgehead atoms. The molecular weight excluding hydrogens is 580 g/mol. The van der Waals surface area contributed by atoms with Gasteiger partial charge in [-0.05, 0) is 113 Å². The van der Waals surface area contributed by atoms with Crippen molar-refractivity contribution in [3.8, 4) is 11.5 Å². The molecule has 0 saturated carbocycles. The highest BCUT2D eigenvalue weighted by Gasteiger charge is 2.27. The number of rotatable bonds is 6. The Kier molecular flexibility index (Phi) is 7.45. The van der Waals surface area contributed by atoms with Gasteiger partial charge in [-0.2, -0.15) is 0 Å². The summed E-state index contributed by atoms with van der Waals surface area (Å²) in [5.41, 5.74) is 2.15. The zero-order valence-electron chi connectivity index (χ0n) is 14.6. The molecule has 0 radical (unpaired) electrons. The summed E-state index contributed by atoms with van der Waals surface area (Å²) in [5, 5.41) is 0. The molecule has 0 aliphatic carbocycles. The number of hydrogen-bond acceptors (Lipinski definition) is 2. The molecule has 2 aromatic rings. The number of ether oxygens (including phenoxy) is 2. The van der Waals surface area contributed by atoms with E-state index in [1.54, 1.807) is 0 Å². The largest absolute Gasteiger partial charge is 0.492 e. The lowest BCUT2D eigenvalue weighted by Gasteiger charge is -2.28. The van der Waals surface area contributed by atoms with Crippen LogP contribution in [0, 0.1) is 0 Å². The van der Waals surface area contributed by atoms with Crippen molar-refractivity contribution >= 4 is 63.7 Å². The van der Waals surface area contributed by atoms with Crippen molar-refractivity contribution in [1.82, 2.24) is 0 Å². The van der Waals surface area contributed by atoms with E-state index < -0.39 is 0 Å². The Morgan fingerprint density at radius 1 is 0.680 bits per heavy atom. The Morgan fingerprint density at radius 3 is 1.20 bits per heavy atom. The lowest BCUT2D eigenvalue weighted by atomic mass is 9.78. The predicted molar refractivity (Wildman–Crippen MR) is 118 cm³/mol. The van der Waals surface area contributed by atoms with E-state index in [4.69, 9.17) is 9.47 Å². The Morgan fingerprint density at radius 2 is 0.960 bits per heavy atom. The maximum absolute atomic E-state index is 5.70. The number of hydrogen-bond donors (Lipinski definition) is 0. The molecular formula is C19H20Br4O2. The zero-order valence-corrected chi connectivity index (χ0v) is 20.9. The van der Waals surface area contributed by atoms with Crippen LogP contribution < -0.4 is 9.47 Å². The third kappa shape index (κ3) is 4.63. The lowest BCUT2D eigenvalue weighted by Crippen LogP contribution is -2.19. The van der Waals surface area contributed by atoms with Crippen LogP contribution in [0.1, 0.15) is 38.8 Å². The van der Waals surface area contributed by atoms with Crippen LogP contribution in [0.25, 0.3) is 0 Å². The van der Waals surface area contributed by atoms with Gasteiger partial charge < -0.3 is 9.47 Å². The highest BCUT2D eigenvalue weighted by atomic mass is 79.9. The zero-order chi connectivity index (χ0) is 18.8. The molecule has 0 N–H and O–H groups in total. The van der Waals surface area contributed by atoms with Crippen molar-refractivity contribution in [2.24, 2.45) is 0 Å². The second kappa shape index (κ2) is 8.77. The van der Waals surface area contributed by atoms with Gasteiger partial charge in [0.25, 0.3) is 0 Å². The average molecular weight is 600 g/mol. The van der Waals surface area contributed by atoms with Crippen LogP contribution in [0.3, 0.4) is 0 Å². The van der Waals surface area contributed by atoms with Gasteiger partial charge in [-0.15, -0.1) is 0 Å². The molecule has 0 heterocycles. The van der Waals surface area contributed by atoms with E-state index in [0.29, 0.717) is 13.2 Å². The molecule has 0 aliphatic rings. The summed E-state index contributed by atoms with van der Waals surface area (Å²) in [6.07, 6.45) is 0. The molecule has 0 fully saturated rings. The van der Waals surface area contributed by atoms with E-state index >= 15 is 0 Å². The molecule has 136 valence electrons. The Hall–Kier alpha value is -0.0400. The van der Waals surface area contributed by atoms with Crippen LogP contribution in [0.15, 0.2) is 42.2 Å². The van der Waals surface area contributed by atoms with Gasteiger partial charge in [0, 0.05) is 5.41 Å². The molecule has 0 saturated heterocycles. The molecule has 0 aromatic heterocycles. The fourth-order valence-corrected chi connectivity index (χ4v) is 5.40. The fraction of sp³-hybridized carbons (Fsp3) is 0.368. The maximum Gasteiger partial charge on any atom is 0.147 e. The molecule has 0 unspecified atom stereocenters. The number of benzene rings is 2. The topological polar surface area (TPSA) is 18.5 Å². The van der Waals surface area contributed by atoms with Gasteiger partial charge in [0.2, 0.25) is 0 Å². The van der Waals surface area contributed by atoms with Gasteiger partial charge in [-0.1, -0.05) is 13.8 Å². The minimum Gasteiger partial charge on any atom is -0.492 e. The first-order valence-electron chi connectivity index (χ1n) is 7.97. The summed E-state index contributed by atoms with van der Waals surface area (Å²) in [6, 6.07) is 8.48. The molecule has 2 nitrogen and oxygen atoms in total. The summed E-state index contributed by atoms with van der Waals surface area (Å²) in [6.45, 7) is 9.61. The van der Waals surface area contributed by atoms with E-state index in [1.165, 1.54) is 11.1 Å². The van der Waals surface area contributed by atoms with E-state index in [0.717, 1.165) is 29.4 Å². The summed E-state index contributed by atoms with van der Waals surface area (Å²) >= 11 is 14.5. The van der Waals surface area contributed by atoms with Gasteiger partial charge >= 0.3 is 0 Å². The van der Waals surface area contributed by atoms with Gasteiger partial charge in [0.1, 0.15) is 11.5 Å². The smallest absolute Gasteiger partial charge is 0.147 e. The first-order chi connectivity index (χ1) is 11.7.